The van der Waals surface area contributed by atoms with Crippen LogP contribution in [0.25, 0.3) is 0 Å². The maximum atomic E-state index is 13.1. The summed E-state index contributed by atoms with van der Waals surface area (Å²) in [6.07, 6.45) is 4.60. The summed E-state index contributed by atoms with van der Waals surface area (Å²) in [7, 11) is 0. The van der Waals surface area contributed by atoms with Crippen LogP contribution in [-0.4, -0.2) is 54.3 Å². The third-order valence-electron chi connectivity index (χ3n) is 6.46. The molecule has 0 saturated carbocycles. The monoisotopic (exact) mass is 392 g/mol. The van der Waals surface area contributed by atoms with Crippen molar-refractivity contribution in [3.8, 4) is 11.5 Å². The van der Waals surface area contributed by atoms with Gasteiger partial charge in [-0.1, -0.05) is 25.1 Å². The van der Waals surface area contributed by atoms with Crippen LogP contribution in [0.2, 0.25) is 0 Å². The number of piperidine rings is 2. The fourth-order valence-electron chi connectivity index (χ4n) is 4.70. The Labute approximate surface area is 174 Å². The Morgan fingerprint density at radius 3 is 2.31 bits per heavy atom. The summed E-state index contributed by atoms with van der Waals surface area (Å²) >= 11 is 0. The van der Waals surface area contributed by atoms with Gasteiger partial charge in [-0.05, 0) is 88.3 Å². The van der Waals surface area contributed by atoms with E-state index in [-0.39, 0.29) is 11.7 Å². The lowest BCUT2D eigenvalue weighted by Gasteiger charge is -2.41. The largest absolute Gasteiger partial charge is 0.457 e. The molecule has 0 spiro atoms. The van der Waals surface area contributed by atoms with Gasteiger partial charge in [0.05, 0.1) is 0 Å². The molecule has 4 nitrogen and oxygen atoms in total. The van der Waals surface area contributed by atoms with E-state index in [4.69, 9.17) is 4.74 Å². The zero-order valence-electron chi connectivity index (χ0n) is 17.4. The Morgan fingerprint density at radius 1 is 0.931 bits per heavy atom. The number of rotatable bonds is 6. The van der Waals surface area contributed by atoms with Gasteiger partial charge in [-0.25, -0.2) is 0 Å². The van der Waals surface area contributed by atoms with E-state index in [9.17, 15) is 4.79 Å². The minimum atomic E-state index is 0.119. The second kappa shape index (κ2) is 9.55. The van der Waals surface area contributed by atoms with Crippen molar-refractivity contribution in [2.75, 3.05) is 32.7 Å². The molecule has 2 fully saturated rings. The topological polar surface area (TPSA) is 32.8 Å². The molecule has 1 atom stereocenters. The third kappa shape index (κ3) is 5.06. The molecule has 2 aliphatic heterocycles. The van der Waals surface area contributed by atoms with Crippen molar-refractivity contribution < 1.29 is 9.53 Å². The second-order valence-corrected chi connectivity index (χ2v) is 8.30. The van der Waals surface area contributed by atoms with Crippen molar-refractivity contribution in [2.24, 2.45) is 5.92 Å². The van der Waals surface area contributed by atoms with Gasteiger partial charge in [0.15, 0.2) is 5.78 Å². The van der Waals surface area contributed by atoms with Crippen LogP contribution in [-0.2, 0) is 0 Å². The summed E-state index contributed by atoms with van der Waals surface area (Å²) in [4.78, 5) is 18.2. The summed E-state index contributed by atoms with van der Waals surface area (Å²) < 4.78 is 5.85. The average Bonchev–Trinajstić information content (AvgIpc) is 2.80. The lowest BCUT2D eigenvalue weighted by molar-refractivity contribution is 0.0604. The molecular weight excluding hydrogens is 360 g/mol. The molecule has 0 amide bonds. The molecule has 2 aliphatic rings. The SMILES string of the molecule is CCN1CCC(N2CCC[C@H](C(=O)c3ccc(Oc4ccccc4)cc3)C2)CC1. The quantitative estimate of drug-likeness (QED) is 0.658. The number of hydrogen-bond donors (Lipinski definition) is 0. The standard InChI is InChI=1S/C25H32N2O2/c1-2-26-17-14-22(15-18-26)27-16-6-7-21(19-27)25(28)20-10-12-24(13-11-20)29-23-8-4-3-5-9-23/h3-5,8-13,21-22H,2,6-7,14-19H2,1H3/t21-/m0/s1. The number of benzene rings is 2. The Kier molecular flexibility index (Phi) is 6.63. The smallest absolute Gasteiger partial charge is 0.167 e. The van der Waals surface area contributed by atoms with E-state index in [1.807, 2.05) is 54.6 Å². The molecule has 0 unspecified atom stereocenters. The van der Waals surface area contributed by atoms with Gasteiger partial charge in [0.2, 0.25) is 0 Å². The van der Waals surface area contributed by atoms with E-state index >= 15 is 0 Å². The van der Waals surface area contributed by atoms with Gasteiger partial charge in [-0.2, -0.15) is 0 Å². The van der Waals surface area contributed by atoms with E-state index in [0.29, 0.717) is 6.04 Å². The molecule has 29 heavy (non-hydrogen) atoms. The van der Waals surface area contributed by atoms with Gasteiger partial charge >= 0.3 is 0 Å². The van der Waals surface area contributed by atoms with Gasteiger partial charge in [0.25, 0.3) is 0 Å². The van der Waals surface area contributed by atoms with Gasteiger partial charge < -0.3 is 9.64 Å². The van der Waals surface area contributed by atoms with Crippen LogP contribution < -0.4 is 4.74 Å². The van der Waals surface area contributed by atoms with Crippen molar-refractivity contribution in [1.82, 2.24) is 9.80 Å². The maximum absolute atomic E-state index is 13.1. The fraction of sp³-hybridized carbons (Fsp3) is 0.480. The van der Waals surface area contributed by atoms with Crippen LogP contribution in [0.5, 0.6) is 11.5 Å². The molecule has 0 N–H and O–H groups in total. The number of ketones is 1. The van der Waals surface area contributed by atoms with Crippen LogP contribution in [0, 0.1) is 5.92 Å². The number of para-hydroxylation sites is 1. The summed E-state index contributed by atoms with van der Waals surface area (Å²) in [6, 6.07) is 18.0. The molecule has 0 aromatic heterocycles. The molecule has 0 bridgehead atoms. The minimum absolute atomic E-state index is 0.119. The van der Waals surface area contributed by atoms with Crippen LogP contribution in [0.3, 0.4) is 0 Å². The van der Waals surface area contributed by atoms with E-state index in [1.165, 1.54) is 25.9 Å². The van der Waals surface area contributed by atoms with Gasteiger partial charge in [-0.3, -0.25) is 9.69 Å². The third-order valence-corrected chi connectivity index (χ3v) is 6.46. The molecule has 4 heteroatoms. The molecule has 0 radical (unpaired) electrons. The Morgan fingerprint density at radius 2 is 1.62 bits per heavy atom. The van der Waals surface area contributed by atoms with Crippen molar-refractivity contribution >= 4 is 5.78 Å². The number of ether oxygens (including phenoxy) is 1. The average molecular weight is 393 g/mol. The van der Waals surface area contributed by atoms with E-state index < -0.39 is 0 Å². The molecule has 4 rings (SSSR count). The van der Waals surface area contributed by atoms with Crippen LogP contribution in [0.1, 0.15) is 43.0 Å². The number of nitrogens with zero attached hydrogens (tertiary/aromatic N) is 2. The van der Waals surface area contributed by atoms with Crippen molar-refractivity contribution in [3.63, 3.8) is 0 Å². The Bertz CT molecular complexity index is 782. The number of hydrogen-bond acceptors (Lipinski definition) is 4. The highest BCUT2D eigenvalue weighted by atomic mass is 16.5. The maximum Gasteiger partial charge on any atom is 0.167 e. The highest BCUT2D eigenvalue weighted by Gasteiger charge is 2.31. The van der Waals surface area contributed by atoms with Crippen molar-refractivity contribution in [1.29, 1.82) is 0 Å². The highest BCUT2D eigenvalue weighted by molar-refractivity contribution is 5.98. The zero-order valence-corrected chi connectivity index (χ0v) is 17.4. The first-order valence-electron chi connectivity index (χ1n) is 11.1. The number of carbonyl (C=O) groups is 1. The van der Waals surface area contributed by atoms with Crippen LogP contribution >= 0.6 is 0 Å². The highest BCUT2D eigenvalue weighted by Crippen LogP contribution is 2.27. The second-order valence-electron chi connectivity index (χ2n) is 8.30. The number of carbonyl (C=O) groups excluding carboxylic acids is 1. The Balaban J connectivity index is 1.35. The number of likely N-dealkylation sites (tertiary alicyclic amines) is 2. The lowest BCUT2D eigenvalue weighted by Crippen LogP contribution is -2.49. The normalized spacial score (nSPS) is 21.8. The molecule has 2 saturated heterocycles. The van der Waals surface area contributed by atoms with Crippen molar-refractivity contribution in [3.05, 3.63) is 60.2 Å². The zero-order chi connectivity index (χ0) is 20.1. The summed E-state index contributed by atoms with van der Waals surface area (Å²) in [5.74, 6) is 1.98. The molecule has 2 aromatic rings. The van der Waals surface area contributed by atoms with E-state index in [2.05, 4.69) is 16.7 Å². The van der Waals surface area contributed by atoms with E-state index in [0.717, 1.165) is 49.5 Å². The first-order valence-corrected chi connectivity index (χ1v) is 11.1. The summed E-state index contributed by atoms with van der Waals surface area (Å²) in [6.45, 7) is 7.84. The van der Waals surface area contributed by atoms with Gasteiger partial charge in [0.1, 0.15) is 11.5 Å². The van der Waals surface area contributed by atoms with Gasteiger partial charge in [-0.15, -0.1) is 0 Å². The molecule has 2 heterocycles. The Hall–Kier alpha value is -2.17. The minimum Gasteiger partial charge on any atom is -0.457 e. The first kappa shape index (κ1) is 20.1. The van der Waals surface area contributed by atoms with Crippen molar-refractivity contribution in [2.45, 2.75) is 38.6 Å². The molecular formula is C25H32N2O2. The van der Waals surface area contributed by atoms with Crippen LogP contribution in [0.4, 0.5) is 0 Å². The van der Waals surface area contributed by atoms with Crippen LogP contribution in [0.15, 0.2) is 54.6 Å². The molecule has 0 aliphatic carbocycles. The number of Topliss-reactive ketones (excluding diaryl/α,β-unsaturated/α-hetero) is 1. The fourth-order valence-corrected chi connectivity index (χ4v) is 4.70. The van der Waals surface area contributed by atoms with Gasteiger partial charge in [0, 0.05) is 24.1 Å². The lowest BCUT2D eigenvalue weighted by atomic mass is 9.88. The van der Waals surface area contributed by atoms with E-state index in [1.54, 1.807) is 0 Å². The summed E-state index contributed by atoms with van der Waals surface area (Å²) in [5.41, 5.74) is 0.804. The molecule has 154 valence electrons. The first-order chi connectivity index (χ1) is 14.2. The predicted molar refractivity (Wildman–Crippen MR) is 117 cm³/mol. The predicted octanol–water partition coefficient (Wildman–Crippen LogP) is 4.86. The summed E-state index contributed by atoms with van der Waals surface area (Å²) in [5, 5.41) is 0. The molecule has 2 aromatic carbocycles.